The number of carboxylic acid groups (broad SMARTS) is 1. The zero-order valence-corrected chi connectivity index (χ0v) is 8.45. The summed E-state index contributed by atoms with van der Waals surface area (Å²) in [6.45, 7) is 1.35. The molecule has 0 saturated heterocycles. The summed E-state index contributed by atoms with van der Waals surface area (Å²) in [5.74, 6) is -3.11. The predicted molar refractivity (Wildman–Crippen MR) is 51.7 cm³/mol. The Labute approximate surface area is 90.3 Å². The second kappa shape index (κ2) is 4.54. The topological polar surface area (TPSA) is 83.5 Å². The van der Waals surface area contributed by atoms with Crippen LogP contribution in [0.25, 0.3) is 0 Å². The smallest absolute Gasteiger partial charge is 0.323 e. The number of aliphatic hydroxyl groups is 1. The van der Waals surface area contributed by atoms with E-state index in [1.54, 1.807) is 0 Å². The number of carbonyl (C=O) groups is 1. The molecule has 4 nitrogen and oxygen atoms in total. The van der Waals surface area contributed by atoms with Crippen LogP contribution < -0.4 is 5.73 Å². The van der Waals surface area contributed by atoms with E-state index in [4.69, 9.17) is 10.8 Å². The monoisotopic (exact) mass is 231 g/mol. The first-order chi connectivity index (χ1) is 7.34. The van der Waals surface area contributed by atoms with Gasteiger partial charge in [-0.3, -0.25) is 4.79 Å². The molecule has 0 saturated carbocycles. The lowest BCUT2D eigenvalue weighted by atomic mass is 10.0. The molecule has 88 valence electrons. The second-order valence-corrected chi connectivity index (χ2v) is 3.43. The molecule has 1 aromatic rings. The maximum atomic E-state index is 13.3. The van der Waals surface area contributed by atoms with Gasteiger partial charge in [-0.05, 0) is 24.6 Å². The van der Waals surface area contributed by atoms with Crippen molar-refractivity contribution in [3.63, 3.8) is 0 Å². The Bertz CT molecular complexity index is 423. The molecule has 0 spiro atoms. The molecule has 0 fully saturated rings. The molecule has 0 bridgehead atoms. The van der Waals surface area contributed by atoms with Gasteiger partial charge in [0, 0.05) is 5.56 Å². The van der Waals surface area contributed by atoms with Crippen LogP contribution in [0.1, 0.15) is 17.2 Å². The van der Waals surface area contributed by atoms with E-state index in [0.717, 1.165) is 12.1 Å². The summed E-state index contributed by atoms with van der Waals surface area (Å²) in [4.78, 5) is 10.5. The molecule has 1 aromatic carbocycles. The van der Waals surface area contributed by atoms with Gasteiger partial charge in [-0.1, -0.05) is 0 Å². The van der Waals surface area contributed by atoms with Gasteiger partial charge < -0.3 is 15.9 Å². The van der Waals surface area contributed by atoms with Gasteiger partial charge in [-0.2, -0.15) is 0 Å². The Morgan fingerprint density at radius 3 is 2.44 bits per heavy atom. The molecule has 0 aliphatic heterocycles. The van der Waals surface area contributed by atoms with Crippen molar-refractivity contribution in [2.24, 2.45) is 5.73 Å². The van der Waals surface area contributed by atoms with Crippen LogP contribution in [-0.2, 0) is 4.79 Å². The van der Waals surface area contributed by atoms with E-state index in [-0.39, 0.29) is 5.56 Å². The molecule has 0 radical (unpaired) electrons. The van der Waals surface area contributed by atoms with Gasteiger partial charge in [0.1, 0.15) is 23.8 Å². The second-order valence-electron chi connectivity index (χ2n) is 3.43. The van der Waals surface area contributed by atoms with E-state index in [1.165, 1.54) is 6.92 Å². The first-order valence-corrected chi connectivity index (χ1v) is 4.46. The Hall–Kier alpha value is -1.53. The number of halogens is 2. The maximum Gasteiger partial charge on any atom is 0.323 e. The van der Waals surface area contributed by atoms with Crippen molar-refractivity contribution in [1.82, 2.24) is 0 Å². The van der Waals surface area contributed by atoms with E-state index in [0.29, 0.717) is 0 Å². The van der Waals surface area contributed by atoms with Gasteiger partial charge in [0.2, 0.25) is 0 Å². The van der Waals surface area contributed by atoms with Gasteiger partial charge in [0.15, 0.2) is 0 Å². The van der Waals surface area contributed by atoms with Crippen LogP contribution in [0.3, 0.4) is 0 Å². The number of aliphatic hydroxyl groups excluding tert-OH is 1. The molecule has 0 aliphatic carbocycles. The number of aryl methyl sites for hydroxylation is 1. The van der Waals surface area contributed by atoms with Crippen molar-refractivity contribution in [1.29, 1.82) is 0 Å². The third kappa shape index (κ3) is 2.34. The third-order valence-electron chi connectivity index (χ3n) is 2.22. The number of nitrogens with two attached hydrogens (primary N) is 1. The molecular formula is C10H11F2NO3. The molecule has 16 heavy (non-hydrogen) atoms. The molecule has 0 heterocycles. The van der Waals surface area contributed by atoms with Crippen molar-refractivity contribution >= 4 is 5.97 Å². The fourth-order valence-electron chi connectivity index (χ4n) is 1.22. The molecule has 2 unspecified atom stereocenters. The fraction of sp³-hybridized carbons (Fsp3) is 0.300. The molecular weight excluding hydrogens is 220 g/mol. The minimum Gasteiger partial charge on any atom is -0.480 e. The Kier molecular flexibility index (Phi) is 3.56. The number of rotatable bonds is 3. The normalized spacial score (nSPS) is 14.6. The van der Waals surface area contributed by atoms with Gasteiger partial charge in [-0.15, -0.1) is 0 Å². The molecule has 4 N–H and O–H groups in total. The van der Waals surface area contributed by atoms with Crippen LogP contribution in [0, 0.1) is 18.6 Å². The van der Waals surface area contributed by atoms with Crippen LogP contribution in [0.5, 0.6) is 0 Å². The maximum absolute atomic E-state index is 13.3. The lowest BCUT2D eigenvalue weighted by Crippen LogP contribution is -2.37. The highest BCUT2D eigenvalue weighted by atomic mass is 19.1. The zero-order valence-electron chi connectivity index (χ0n) is 8.45. The first-order valence-electron chi connectivity index (χ1n) is 4.46. The van der Waals surface area contributed by atoms with E-state index < -0.39 is 35.3 Å². The highest BCUT2D eigenvalue weighted by Gasteiger charge is 2.26. The number of benzene rings is 1. The van der Waals surface area contributed by atoms with Gasteiger partial charge in [0.25, 0.3) is 0 Å². The molecule has 0 aliphatic rings. The lowest BCUT2D eigenvalue weighted by molar-refractivity contribution is -0.141. The highest BCUT2D eigenvalue weighted by molar-refractivity contribution is 5.74. The van der Waals surface area contributed by atoms with E-state index >= 15 is 0 Å². The first kappa shape index (κ1) is 12.5. The average Bonchev–Trinajstić information content (AvgIpc) is 2.21. The minimum absolute atomic E-state index is 0.0670. The standard InChI is InChI=1S/C10H11F2NO3/c1-4-2-7(12)5(3-6(4)11)9(14)8(13)10(15)16/h2-3,8-9,14H,13H2,1H3,(H,15,16). The van der Waals surface area contributed by atoms with Crippen molar-refractivity contribution in [2.75, 3.05) is 0 Å². The van der Waals surface area contributed by atoms with Crippen LogP contribution in [0.15, 0.2) is 12.1 Å². The molecule has 6 heteroatoms. The van der Waals surface area contributed by atoms with Crippen molar-refractivity contribution in [2.45, 2.75) is 19.1 Å². The average molecular weight is 231 g/mol. The Morgan fingerprint density at radius 2 is 1.94 bits per heavy atom. The molecule has 1 rings (SSSR count). The van der Waals surface area contributed by atoms with Crippen molar-refractivity contribution < 1.29 is 23.8 Å². The fourth-order valence-corrected chi connectivity index (χ4v) is 1.22. The van der Waals surface area contributed by atoms with Crippen LogP contribution >= 0.6 is 0 Å². The summed E-state index contributed by atoms with van der Waals surface area (Å²) in [6.07, 6.45) is -1.78. The largest absolute Gasteiger partial charge is 0.480 e. The Morgan fingerprint density at radius 1 is 1.38 bits per heavy atom. The zero-order chi connectivity index (χ0) is 12.5. The summed E-state index contributed by atoms with van der Waals surface area (Å²) in [5.41, 5.74) is 4.72. The SMILES string of the molecule is Cc1cc(F)c(C(O)C(N)C(=O)O)cc1F. The summed E-state index contributed by atoms with van der Waals surface area (Å²) in [6, 6.07) is -0.0720. The minimum atomic E-state index is -1.78. The van der Waals surface area contributed by atoms with Crippen molar-refractivity contribution in [3.8, 4) is 0 Å². The summed E-state index contributed by atoms with van der Waals surface area (Å²) in [5, 5.41) is 18.0. The van der Waals surface area contributed by atoms with Gasteiger partial charge in [-0.25, -0.2) is 8.78 Å². The number of hydrogen-bond acceptors (Lipinski definition) is 3. The van der Waals surface area contributed by atoms with Crippen molar-refractivity contribution in [3.05, 3.63) is 34.9 Å². The molecule has 2 atom stereocenters. The van der Waals surface area contributed by atoms with E-state index in [9.17, 15) is 18.7 Å². The summed E-state index contributed by atoms with van der Waals surface area (Å²) >= 11 is 0. The molecule has 0 aromatic heterocycles. The van der Waals surface area contributed by atoms with Gasteiger partial charge in [0.05, 0.1) is 0 Å². The van der Waals surface area contributed by atoms with E-state index in [2.05, 4.69) is 0 Å². The van der Waals surface area contributed by atoms with E-state index in [1.807, 2.05) is 0 Å². The predicted octanol–water partition coefficient (Wildman–Crippen LogP) is 0.719. The van der Waals surface area contributed by atoms with Crippen LogP contribution in [0.4, 0.5) is 8.78 Å². The lowest BCUT2D eigenvalue weighted by Gasteiger charge is -2.16. The quantitative estimate of drug-likeness (QED) is 0.715. The Balaban J connectivity index is 3.13. The third-order valence-corrected chi connectivity index (χ3v) is 2.22. The summed E-state index contributed by atoms with van der Waals surface area (Å²) in [7, 11) is 0. The highest BCUT2D eigenvalue weighted by Crippen LogP contribution is 2.22. The number of carboxylic acids is 1. The van der Waals surface area contributed by atoms with Crippen LogP contribution in [0.2, 0.25) is 0 Å². The number of hydrogen-bond donors (Lipinski definition) is 3. The number of aliphatic carboxylic acids is 1. The van der Waals surface area contributed by atoms with Gasteiger partial charge >= 0.3 is 5.97 Å². The van der Waals surface area contributed by atoms with Crippen LogP contribution in [-0.4, -0.2) is 22.2 Å². The summed E-state index contributed by atoms with van der Waals surface area (Å²) < 4.78 is 26.4. The molecule has 0 amide bonds.